The molecule has 1 aliphatic rings. The fraction of sp³-hybridized carbons (Fsp3) is 1.00. The SMILES string of the molecule is NCC1(CS(N)(=O)=O)CCCCCC1. The maximum absolute atomic E-state index is 11.1. The number of rotatable bonds is 3. The lowest BCUT2D eigenvalue weighted by molar-refractivity contribution is 0.291. The average molecular weight is 220 g/mol. The third-order valence-corrected chi connectivity index (χ3v) is 4.12. The van der Waals surface area contributed by atoms with Crippen molar-refractivity contribution in [2.75, 3.05) is 12.3 Å². The molecular formula is C9H20N2O2S. The van der Waals surface area contributed by atoms with Gasteiger partial charge in [-0.15, -0.1) is 0 Å². The summed E-state index contributed by atoms with van der Waals surface area (Å²) < 4.78 is 22.2. The molecule has 0 aromatic heterocycles. The molecule has 0 heterocycles. The Morgan fingerprint density at radius 1 is 1.07 bits per heavy atom. The quantitative estimate of drug-likeness (QED) is 0.682. The molecule has 1 aliphatic carbocycles. The largest absolute Gasteiger partial charge is 0.330 e. The van der Waals surface area contributed by atoms with E-state index in [4.69, 9.17) is 10.9 Å². The molecule has 1 fully saturated rings. The first-order chi connectivity index (χ1) is 6.47. The van der Waals surface area contributed by atoms with E-state index < -0.39 is 10.0 Å². The summed E-state index contributed by atoms with van der Waals surface area (Å²) >= 11 is 0. The molecule has 0 saturated heterocycles. The molecule has 84 valence electrons. The van der Waals surface area contributed by atoms with Crippen LogP contribution in [0.4, 0.5) is 0 Å². The lowest BCUT2D eigenvalue weighted by Crippen LogP contribution is -2.39. The smallest absolute Gasteiger partial charge is 0.209 e. The van der Waals surface area contributed by atoms with Gasteiger partial charge in [0.2, 0.25) is 10.0 Å². The number of sulfonamides is 1. The molecule has 0 atom stereocenters. The molecule has 0 radical (unpaired) electrons. The van der Waals surface area contributed by atoms with Gasteiger partial charge in [-0.1, -0.05) is 25.7 Å². The summed E-state index contributed by atoms with van der Waals surface area (Å²) in [7, 11) is -3.39. The molecule has 5 heteroatoms. The maximum Gasteiger partial charge on any atom is 0.209 e. The van der Waals surface area contributed by atoms with Gasteiger partial charge in [-0.3, -0.25) is 0 Å². The first kappa shape index (κ1) is 11.9. The Kier molecular flexibility index (Phi) is 3.92. The second-order valence-corrected chi connectivity index (χ2v) is 6.04. The van der Waals surface area contributed by atoms with Crippen LogP contribution in [0.25, 0.3) is 0 Å². The Morgan fingerprint density at radius 3 is 1.93 bits per heavy atom. The Bertz CT molecular complexity index is 267. The highest BCUT2D eigenvalue weighted by atomic mass is 32.2. The minimum atomic E-state index is -3.39. The zero-order valence-corrected chi connectivity index (χ0v) is 9.35. The van der Waals surface area contributed by atoms with Crippen molar-refractivity contribution < 1.29 is 8.42 Å². The summed E-state index contributed by atoms with van der Waals surface area (Å²) in [5, 5.41) is 5.09. The molecule has 0 amide bonds. The van der Waals surface area contributed by atoms with Crippen LogP contribution in [0.3, 0.4) is 0 Å². The number of hydrogen-bond donors (Lipinski definition) is 2. The minimum absolute atomic E-state index is 0.0521. The first-order valence-electron chi connectivity index (χ1n) is 5.18. The zero-order chi connectivity index (χ0) is 10.7. The standard InChI is InChI=1S/C9H20N2O2S/c10-7-9(8-14(11,12)13)5-3-1-2-4-6-9/h1-8,10H2,(H2,11,12,13). The van der Waals surface area contributed by atoms with Gasteiger partial charge in [0.1, 0.15) is 0 Å². The van der Waals surface area contributed by atoms with Gasteiger partial charge in [0.25, 0.3) is 0 Å². The molecule has 0 aliphatic heterocycles. The van der Waals surface area contributed by atoms with Crippen LogP contribution >= 0.6 is 0 Å². The van der Waals surface area contributed by atoms with Crippen LogP contribution in [0.15, 0.2) is 0 Å². The minimum Gasteiger partial charge on any atom is -0.330 e. The molecule has 0 spiro atoms. The highest BCUT2D eigenvalue weighted by molar-refractivity contribution is 7.89. The molecule has 14 heavy (non-hydrogen) atoms. The van der Waals surface area contributed by atoms with Crippen molar-refractivity contribution in [3.8, 4) is 0 Å². The van der Waals surface area contributed by atoms with Crippen LogP contribution in [-0.2, 0) is 10.0 Å². The predicted molar refractivity (Wildman–Crippen MR) is 57.2 cm³/mol. The molecule has 4 nitrogen and oxygen atoms in total. The lowest BCUT2D eigenvalue weighted by atomic mass is 9.82. The van der Waals surface area contributed by atoms with Crippen molar-refractivity contribution >= 4 is 10.0 Å². The number of hydrogen-bond acceptors (Lipinski definition) is 3. The van der Waals surface area contributed by atoms with Gasteiger partial charge in [0.15, 0.2) is 0 Å². The third-order valence-electron chi connectivity index (χ3n) is 3.10. The van der Waals surface area contributed by atoms with E-state index in [0.717, 1.165) is 25.7 Å². The molecule has 0 aromatic carbocycles. The van der Waals surface area contributed by atoms with Gasteiger partial charge >= 0.3 is 0 Å². The highest BCUT2D eigenvalue weighted by Crippen LogP contribution is 2.34. The Balaban J connectivity index is 2.72. The molecular weight excluding hydrogens is 200 g/mol. The topological polar surface area (TPSA) is 86.2 Å². The molecule has 1 rings (SSSR count). The third kappa shape index (κ3) is 3.55. The summed E-state index contributed by atoms with van der Waals surface area (Å²) in [4.78, 5) is 0. The average Bonchev–Trinajstić information content (AvgIpc) is 2.28. The van der Waals surface area contributed by atoms with E-state index in [9.17, 15) is 8.42 Å². The molecule has 0 unspecified atom stereocenters. The van der Waals surface area contributed by atoms with E-state index >= 15 is 0 Å². The van der Waals surface area contributed by atoms with E-state index in [1.807, 2.05) is 0 Å². The molecule has 1 saturated carbocycles. The Morgan fingerprint density at radius 2 is 1.57 bits per heavy atom. The van der Waals surface area contributed by atoms with Gasteiger partial charge in [0, 0.05) is 0 Å². The van der Waals surface area contributed by atoms with Crippen molar-refractivity contribution in [1.29, 1.82) is 0 Å². The van der Waals surface area contributed by atoms with E-state index in [1.54, 1.807) is 0 Å². The van der Waals surface area contributed by atoms with Gasteiger partial charge in [0.05, 0.1) is 5.75 Å². The van der Waals surface area contributed by atoms with Gasteiger partial charge in [-0.25, -0.2) is 13.6 Å². The Labute approximate surface area is 86.1 Å². The second kappa shape index (κ2) is 4.59. The fourth-order valence-electron chi connectivity index (χ4n) is 2.31. The normalized spacial score (nSPS) is 23.0. The maximum atomic E-state index is 11.1. The first-order valence-corrected chi connectivity index (χ1v) is 6.90. The summed E-state index contributed by atoms with van der Waals surface area (Å²) in [6, 6.07) is 0. The summed E-state index contributed by atoms with van der Waals surface area (Å²) in [6.07, 6.45) is 6.33. The summed E-state index contributed by atoms with van der Waals surface area (Å²) in [5.74, 6) is 0.0521. The van der Waals surface area contributed by atoms with Crippen LogP contribution in [0, 0.1) is 5.41 Å². The van der Waals surface area contributed by atoms with Crippen LogP contribution in [-0.4, -0.2) is 20.7 Å². The van der Waals surface area contributed by atoms with Crippen molar-refractivity contribution in [1.82, 2.24) is 0 Å². The fourth-order valence-corrected chi connectivity index (χ4v) is 3.57. The van der Waals surface area contributed by atoms with Gasteiger partial charge in [-0.2, -0.15) is 0 Å². The predicted octanol–water partition coefficient (Wildman–Crippen LogP) is 0.574. The van der Waals surface area contributed by atoms with Crippen molar-refractivity contribution in [3.63, 3.8) is 0 Å². The monoisotopic (exact) mass is 220 g/mol. The molecule has 0 bridgehead atoms. The zero-order valence-electron chi connectivity index (χ0n) is 8.54. The van der Waals surface area contributed by atoms with E-state index in [-0.39, 0.29) is 11.2 Å². The van der Waals surface area contributed by atoms with E-state index in [0.29, 0.717) is 6.54 Å². The molecule has 4 N–H and O–H groups in total. The van der Waals surface area contributed by atoms with Crippen LogP contribution in [0.5, 0.6) is 0 Å². The Hall–Kier alpha value is -0.130. The number of nitrogens with two attached hydrogens (primary N) is 2. The van der Waals surface area contributed by atoms with Crippen LogP contribution < -0.4 is 10.9 Å². The van der Waals surface area contributed by atoms with Crippen molar-refractivity contribution in [2.45, 2.75) is 38.5 Å². The van der Waals surface area contributed by atoms with Crippen molar-refractivity contribution in [3.05, 3.63) is 0 Å². The molecule has 0 aromatic rings. The van der Waals surface area contributed by atoms with Crippen molar-refractivity contribution in [2.24, 2.45) is 16.3 Å². The van der Waals surface area contributed by atoms with Gasteiger partial charge < -0.3 is 5.73 Å². The lowest BCUT2D eigenvalue weighted by Gasteiger charge is -2.30. The van der Waals surface area contributed by atoms with Gasteiger partial charge in [-0.05, 0) is 24.8 Å². The number of primary sulfonamides is 1. The van der Waals surface area contributed by atoms with E-state index in [2.05, 4.69) is 0 Å². The summed E-state index contributed by atoms with van der Waals surface area (Å²) in [6.45, 7) is 0.434. The highest BCUT2D eigenvalue weighted by Gasteiger charge is 2.33. The van der Waals surface area contributed by atoms with Crippen LogP contribution in [0.1, 0.15) is 38.5 Å². The van der Waals surface area contributed by atoms with E-state index in [1.165, 1.54) is 12.8 Å². The second-order valence-electron chi connectivity index (χ2n) is 4.43. The van der Waals surface area contributed by atoms with Crippen LogP contribution in [0.2, 0.25) is 0 Å². The summed E-state index contributed by atoms with van der Waals surface area (Å²) in [5.41, 5.74) is 5.45.